The van der Waals surface area contributed by atoms with E-state index in [4.69, 9.17) is 18.0 Å². The molecule has 20 heavy (non-hydrogen) atoms. The molecule has 0 radical (unpaired) electrons. The Balaban J connectivity index is 3.00. The summed E-state index contributed by atoms with van der Waals surface area (Å²) in [6.45, 7) is 3.13. The Morgan fingerprint density at radius 3 is 2.45 bits per heavy atom. The number of thiocarbonyl (C=S) groups is 1. The molecule has 0 amide bonds. The highest BCUT2D eigenvalue weighted by molar-refractivity contribution is 7.88. The van der Waals surface area contributed by atoms with Crippen molar-refractivity contribution in [3.8, 4) is 0 Å². The molecule has 0 fully saturated rings. The second-order valence-corrected chi connectivity index (χ2v) is 7.86. The minimum atomic E-state index is -3.54. The van der Waals surface area contributed by atoms with E-state index in [-0.39, 0.29) is 17.3 Å². The fourth-order valence-corrected chi connectivity index (χ4v) is 3.41. The summed E-state index contributed by atoms with van der Waals surface area (Å²) in [7, 11) is -2.10. The van der Waals surface area contributed by atoms with Crippen molar-refractivity contribution in [3.63, 3.8) is 0 Å². The number of rotatable bonds is 6. The molecule has 1 rings (SSSR count). The molecule has 1 aromatic carbocycles. The van der Waals surface area contributed by atoms with Crippen molar-refractivity contribution in [2.24, 2.45) is 5.73 Å². The van der Waals surface area contributed by atoms with Gasteiger partial charge in [-0.1, -0.05) is 36.5 Å². The maximum atomic E-state index is 12.3. The van der Waals surface area contributed by atoms with Gasteiger partial charge in [0.15, 0.2) is 0 Å². The number of nitrogens with two attached hydrogens (primary N) is 1. The lowest BCUT2D eigenvalue weighted by atomic mass is 10.1. The number of hydrogen-bond acceptors (Lipinski definition) is 4. The molecule has 0 aliphatic carbocycles. The summed E-state index contributed by atoms with van der Waals surface area (Å²) < 4.78 is 25.7. The van der Waals surface area contributed by atoms with Crippen molar-refractivity contribution in [3.05, 3.63) is 35.4 Å². The zero-order valence-electron chi connectivity index (χ0n) is 11.8. The molecular weight excluding hydrogens is 296 g/mol. The van der Waals surface area contributed by atoms with Crippen molar-refractivity contribution in [1.29, 1.82) is 0 Å². The fourth-order valence-electron chi connectivity index (χ4n) is 1.84. The largest absolute Gasteiger partial charge is 0.389 e. The van der Waals surface area contributed by atoms with Crippen LogP contribution in [0, 0.1) is 0 Å². The second kappa shape index (κ2) is 6.17. The van der Waals surface area contributed by atoms with Crippen molar-refractivity contribution in [2.45, 2.75) is 25.2 Å². The number of hydrogen-bond donors (Lipinski definition) is 2. The van der Waals surface area contributed by atoms with Crippen molar-refractivity contribution >= 4 is 27.2 Å². The van der Waals surface area contributed by atoms with E-state index in [2.05, 4.69) is 0 Å². The third-order valence-electron chi connectivity index (χ3n) is 2.71. The van der Waals surface area contributed by atoms with Crippen LogP contribution in [0.15, 0.2) is 24.3 Å². The lowest BCUT2D eigenvalue weighted by Crippen LogP contribution is -2.40. The lowest BCUT2D eigenvalue weighted by molar-refractivity contribution is 0.0639. The molecule has 112 valence electrons. The zero-order valence-corrected chi connectivity index (χ0v) is 13.5. The van der Waals surface area contributed by atoms with E-state index in [1.54, 1.807) is 38.1 Å². The minimum absolute atomic E-state index is 0.0184. The van der Waals surface area contributed by atoms with E-state index in [1.165, 1.54) is 7.05 Å². The van der Waals surface area contributed by atoms with Crippen LogP contribution in [0.25, 0.3) is 0 Å². The Kier molecular flexibility index (Phi) is 5.26. The van der Waals surface area contributed by atoms with Crippen LogP contribution in [0.5, 0.6) is 0 Å². The summed E-state index contributed by atoms with van der Waals surface area (Å²) in [4.78, 5) is 0.168. The van der Waals surface area contributed by atoms with Crippen LogP contribution in [-0.2, 0) is 15.8 Å². The van der Waals surface area contributed by atoms with E-state index >= 15 is 0 Å². The molecule has 0 aliphatic rings. The standard InChI is InChI=1S/C13H20N2O3S2/c1-13(2,16)9-15(3)20(17,18)8-10-6-4-5-7-11(10)12(14)19/h4-7,16H,8-9H2,1-3H3,(H2,14,19). The molecule has 0 unspecified atom stereocenters. The quantitative estimate of drug-likeness (QED) is 0.760. The first kappa shape index (κ1) is 17.0. The highest BCUT2D eigenvalue weighted by Gasteiger charge is 2.25. The molecule has 5 nitrogen and oxygen atoms in total. The molecule has 0 saturated heterocycles. The van der Waals surface area contributed by atoms with Crippen LogP contribution in [0.3, 0.4) is 0 Å². The van der Waals surface area contributed by atoms with Crippen LogP contribution in [-0.4, -0.2) is 42.0 Å². The number of nitrogens with zero attached hydrogens (tertiary/aromatic N) is 1. The Morgan fingerprint density at radius 2 is 1.95 bits per heavy atom. The molecule has 3 N–H and O–H groups in total. The molecule has 0 aromatic heterocycles. The molecule has 0 bridgehead atoms. The van der Waals surface area contributed by atoms with E-state index in [0.717, 1.165) is 4.31 Å². The van der Waals surface area contributed by atoms with E-state index in [9.17, 15) is 13.5 Å². The van der Waals surface area contributed by atoms with E-state index in [1.807, 2.05) is 0 Å². The van der Waals surface area contributed by atoms with Crippen LogP contribution < -0.4 is 5.73 Å². The summed E-state index contributed by atoms with van der Waals surface area (Å²) in [5.41, 5.74) is 5.62. The Morgan fingerprint density at radius 1 is 1.40 bits per heavy atom. The van der Waals surface area contributed by atoms with Crippen molar-refractivity contribution in [2.75, 3.05) is 13.6 Å². The summed E-state index contributed by atoms with van der Waals surface area (Å²) in [5.74, 6) is -0.201. The van der Waals surface area contributed by atoms with Gasteiger partial charge in [0, 0.05) is 19.2 Å². The van der Waals surface area contributed by atoms with E-state index < -0.39 is 15.6 Å². The number of likely N-dealkylation sites (N-methyl/N-ethyl adjacent to an activating group) is 1. The fraction of sp³-hybridized carbons (Fsp3) is 0.462. The van der Waals surface area contributed by atoms with Gasteiger partial charge in [-0.05, 0) is 19.4 Å². The van der Waals surface area contributed by atoms with E-state index in [0.29, 0.717) is 11.1 Å². The SMILES string of the molecule is CN(CC(C)(C)O)S(=O)(=O)Cc1ccccc1C(N)=S. The van der Waals surface area contributed by atoms with Gasteiger partial charge in [0.05, 0.1) is 11.4 Å². The highest BCUT2D eigenvalue weighted by atomic mass is 32.2. The Labute approximate surface area is 125 Å². The smallest absolute Gasteiger partial charge is 0.218 e. The first-order chi connectivity index (χ1) is 9.03. The summed E-state index contributed by atoms with van der Waals surface area (Å²) in [6.07, 6.45) is 0. The summed E-state index contributed by atoms with van der Waals surface area (Å²) in [6, 6.07) is 6.88. The minimum Gasteiger partial charge on any atom is -0.389 e. The average molecular weight is 316 g/mol. The average Bonchev–Trinajstić information content (AvgIpc) is 2.26. The maximum absolute atomic E-state index is 12.3. The zero-order chi connectivity index (χ0) is 15.6. The predicted octanol–water partition coefficient (Wildman–Crippen LogP) is 0.853. The molecule has 0 aliphatic heterocycles. The van der Waals surface area contributed by atoms with Gasteiger partial charge in [-0.2, -0.15) is 0 Å². The number of sulfonamides is 1. The van der Waals surface area contributed by atoms with Gasteiger partial charge in [-0.15, -0.1) is 0 Å². The predicted molar refractivity (Wildman–Crippen MR) is 83.9 cm³/mol. The third-order valence-corrected chi connectivity index (χ3v) is 4.68. The normalized spacial score (nSPS) is 12.7. The summed E-state index contributed by atoms with van der Waals surface area (Å²) >= 11 is 4.92. The van der Waals surface area contributed by atoms with Gasteiger partial charge in [-0.3, -0.25) is 0 Å². The first-order valence-corrected chi connectivity index (χ1v) is 8.09. The third kappa shape index (κ3) is 4.82. The molecule has 0 heterocycles. The van der Waals surface area contributed by atoms with Gasteiger partial charge in [0.1, 0.15) is 4.99 Å². The van der Waals surface area contributed by atoms with Crippen LogP contribution >= 0.6 is 12.2 Å². The molecular formula is C13H20N2O3S2. The lowest BCUT2D eigenvalue weighted by Gasteiger charge is -2.25. The highest BCUT2D eigenvalue weighted by Crippen LogP contribution is 2.16. The Hall–Kier alpha value is -1.02. The van der Waals surface area contributed by atoms with Crippen molar-refractivity contribution in [1.82, 2.24) is 4.31 Å². The van der Waals surface area contributed by atoms with Crippen LogP contribution in [0.2, 0.25) is 0 Å². The van der Waals surface area contributed by atoms with Gasteiger partial charge in [0.2, 0.25) is 10.0 Å². The second-order valence-electron chi connectivity index (χ2n) is 5.35. The first-order valence-electron chi connectivity index (χ1n) is 6.07. The van der Waals surface area contributed by atoms with Gasteiger partial charge < -0.3 is 10.8 Å². The van der Waals surface area contributed by atoms with Crippen LogP contribution in [0.4, 0.5) is 0 Å². The monoisotopic (exact) mass is 316 g/mol. The summed E-state index contributed by atoms with van der Waals surface area (Å²) in [5, 5.41) is 9.71. The van der Waals surface area contributed by atoms with Crippen molar-refractivity contribution < 1.29 is 13.5 Å². The topological polar surface area (TPSA) is 83.6 Å². The number of aliphatic hydroxyl groups is 1. The van der Waals surface area contributed by atoms with Gasteiger partial charge in [0.25, 0.3) is 0 Å². The Bertz CT molecular complexity index is 592. The molecule has 1 aromatic rings. The van der Waals surface area contributed by atoms with Gasteiger partial charge in [-0.25, -0.2) is 12.7 Å². The van der Waals surface area contributed by atoms with Gasteiger partial charge >= 0.3 is 0 Å². The maximum Gasteiger partial charge on any atom is 0.218 e. The molecule has 0 spiro atoms. The number of benzene rings is 1. The molecule has 0 atom stereocenters. The molecule has 0 saturated carbocycles. The molecule has 7 heteroatoms. The van der Waals surface area contributed by atoms with Crippen LogP contribution in [0.1, 0.15) is 25.0 Å².